The molecule has 2 aromatic carbocycles. The fourth-order valence-corrected chi connectivity index (χ4v) is 3.42. The minimum Gasteiger partial charge on any atom is -0.345 e. The van der Waals surface area contributed by atoms with Gasteiger partial charge in [-0.1, -0.05) is 24.3 Å². The van der Waals surface area contributed by atoms with E-state index < -0.39 is 9.84 Å². The summed E-state index contributed by atoms with van der Waals surface area (Å²) in [5.74, 6) is -0.144. The van der Waals surface area contributed by atoms with Crippen LogP contribution in [0.4, 0.5) is 0 Å². The number of thioether (sulfide) groups is 1. The smallest absolute Gasteiger partial charge is 0.252 e. The lowest BCUT2D eigenvalue weighted by Crippen LogP contribution is -2.27. The van der Waals surface area contributed by atoms with Crippen molar-refractivity contribution in [3.63, 3.8) is 0 Å². The van der Waals surface area contributed by atoms with E-state index in [0.29, 0.717) is 5.56 Å². The molecule has 0 aliphatic carbocycles. The van der Waals surface area contributed by atoms with Crippen molar-refractivity contribution < 1.29 is 13.2 Å². The van der Waals surface area contributed by atoms with E-state index in [9.17, 15) is 13.2 Å². The van der Waals surface area contributed by atoms with E-state index in [1.807, 2.05) is 31.4 Å². The van der Waals surface area contributed by atoms with Crippen molar-refractivity contribution in [3.05, 3.63) is 59.7 Å². The highest BCUT2D eigenvalue weighted by Crippen LogP contribution is 2.21. The van der Waals surface area contributed by atoms with Crippen LogP contribution in [0.15, 0.2) is 58.3 Å². The molecule has 0 radical (unpaired) electrons. The Morgan fingerprint density at radius 3 is 2.26 bits per heavy atom. The Labute approximate surface area is 141 Å². The van der Waals surface area contributed by atoms with Crippen LogP contribution in [0.5, 0.6) is 0 Å². The Hall–Kier alpha value is -1.79. The van der Waals surface area contributed by atoms with Crippen LogP contribution in [-0.4, -0.2) is 26.8 Å². The van der Waals surface area contributed by atoms with Crippen LogP contribution in [0, 0.1) is 0 Å². The number of carbonyl (C=O) groups is 1. The third kappa shape index (κ3) is 4.36. The Morgan fingerprint density at radius 2 is 1.70 bits per heavy atom. The van der Waals surface area contributed by atoms with Crippen LogP contribution in [0.25, 0.3) is 0 Å². The van der Waals surface area contributed by atoms with Gasteiger partial charge in [0.05, 0.1) is 16.5 Å². The Kier molecular flexibility index (Phi) is 5.49. The van der Waals surface area contributed by atoms with Crippen molar-refractivity contribution in [2.24, 2.45) is 0 Å². The molecule has 0 heterocycles. The van der Waals surface area contributed by atoms with E-state index in [0.717, 1.165) is 10.5 Å². The maximum absolute atomic E-state index is 12.4. The van der Waals surface area contributed by atoms with Gasteiger partial charge in [0.15, 0.2) is 9.84 Å². The number of rotatable bonds is 5. The zero-order valence-electron chi connectivity index (χ0n) is 13.2. The van der Waals surface area contributed by atoms with E-state index >= 15 is 0 Å². The zero-order valence-corrected chi connectivity index (χ0v) is 14.9. The molecule has 1 atom stereocenters. The Morgan fingerprint density at radius 1 is 1.09 bits per heavy atom. The van der Waals surface area contributed by atoms with Gasteiger partial charge in [0.2, 0.25) is 0 Å². The minimum absolute atomic E-state index is 0.144. The van der Waals surface area contributed by atoms with Crippen LogP contribution in [0.3, 0.4) is 0 Å². The lowest BCUT2D eigenvalue weighted by molar-refractivity contribution is 0.0937. The monoisotopic (exact) mass is 349 g/mol. The molecule has 0 aliphatic heterocycles. The Balaban J connectivity index is 2.15. The largest absolute Gasteiger partial charge is 0.345 e. The summed E-state index contributed by atoms with van der Waals surface area (Å²) in [6.45, 7) is 1.87. The molecule has 4 nitrogen and oxygen atoms in total. The lowest BCUT2D eigenvalue weighted by atomic mass is 10.1. The first kappa shape index (κ1) is 17.6. The van der Waals surface area contributed by atoms with Gasteiger partial charge in [-0.3, -0.25) is 4.79 Å². The van der Waals surface area contributed by atoms with Crippen LogP contribution < -0.4 is 5.32 Å². The second-order valence-electron chi connectivity index (χ2n) is 5.24. The third-order valence-electron chi connectivity index (χ3n) is 3.51. The van der Waals surface area contributed by atoms with Gasteiger partial charge < -0.3 is 5.32 Å². The molecule has 0 fully saturated rings. The van der Waals surface area contributed by atoms with E-state index in [4.69, 9.17) is 0 Å². The maximum Gasteiger partial charge on any atom is 0.252 e. The molecule has 0 bridgehead atoms. The number of sulfone groups is 1. The topological polar surface area (TPSA) is 63.2 Å². The standard InChI is InChI=1S/C17H19NO3S2/c1-12(13-8-10-14(11-9-13)23(3,20)21)18-17(19)15-6-4-5-7-16(15)22-2/h4-12H,1-3H3,(H,18,19). The van der Waals surface area contributed by atoms with Crippen molar-refractivity contribution in [2.45, 2.75) is 22.8 Å². The predicted octanol–water partition coefficient (Wildman–Crippen LogP) is 3.30. The number of benzene rings is 2. The van der Waals surface area contributed by atoms with Gasteiger partial charge in [-0.25, -0.2) is 8.42 Å². The van der Waals surface area contributed by atoms with E-state index in [1.54, 1.807) is 30.3 Å². The molecule has 1 N–H and O–H groups in total. The number of amides is 1. The van der Waals surface area contributed by atoms with Crippen LogP contribution in [0.2, 0.25) is 0 Å². The number of hydrogen-bond acceptors (Lipinski definition) is 4. The fourth-order valence-electron chi connectivity index (χ4n) is 2.19. The van der Waals surface area contributed by atoms with Gasteiger partial charge in [-0.2, -0.15) is 0 Å². The van der Waals surface area contributed by atoms with Crippen LogP contribution in [0.1, 0.15) is 28.9 Å². The fraction of sp³-hybridized carbons (Fsp3) is 0.235. The van der Waals surface area contributed by atoms with Gasteiger partial charge in [-0.15, -0.1) is 11.8 Å². The minimum atomic E-state index is -3.21. The molecular weight excluding hydrogens is 330 g/mol. The average Bonchev–Trinajstić information content (AvgIpc) is 2.54. The summed E-state index contributed by atoms with van der Waals surface area (Å²) in [5, 5.41) is 2.94. The summed E-state index contributed by atoms with van der Waals surface area (Å²) < 4.78 is 23.0. The summed E-state index contributed by atoms with van der Waals surface area (Å²) in [5.41, 5.74) is 1.49. The van der Waals surface area contributed by atoms with E-state index in [-0.39, 0.29) is 16.8 Å². The van der Waals surface area contributed by atoms with Gasteiger partial charge in [0.25, 0.3) is 5.91 Å². The molecule has 2 rings (SSSR count). The van der Waals surface area contributed by atoms with Crippen molar-refractivity contribution in [1.29, 1.82) is 0 Å². The van der Waals surface area contributed by atoms with E-state index in [2.05, 4.69) is 5.32 Å². The molecule has 122 valence electrons. The summed E-state index contributed by atoms with van der Waals surface area (Å²) in [6, 6.07) is 13.8. The van der Waals surface area contributed by atoms with Gasteiger partial charge >= 0.3 is 0 Å². The summed E-state index contributed by atoms with van der Waals surface area (Å²) >= 11 is 1.52. The van der Waals surface area contributed by atoms with Gasteiger partial charge in [0.1, 0.15) is 0 Å². The maximum atomic E-state index is 12.4. The summed E-state index contributed by atoms with van der Waals surface area (Å²) in [4.78, 5) is 13.6. The molecule has 0 aliphatic rings. The van der Waals surface area contributed by atoms with Crippen molar-refractivity contribution in [3.8, 4) is 0 Å². The number of nitrogens with one attached hydrogen (secondary N) is 1. The van der Waals surface area contributed by atoms with Gasteiger partial charge in [0, 0.05) is 11.2 Å². The highest BCUT2D eigenvalue weighted by molar-refractivity contribution is 7.98. The quantitative estimate of drug-likeness (QED) is 0.841. The van der Waals surface area contributed by atoms with Crippen LogP contribution in [-0.2, 0) is 9.84 Å². The van der Waals surface area contributed by atoms with Crippen molar-refractivity contribution >= 4 is 27.5 Å². The molecule has 0 saturated carbocycles. The molecule has 0 spiro atoms. The van der Waals surface area contributed by atoms with Gasteiger partial charge in [-0.05, 0) is 43.0 Å². The molecule has 0 aromatic heterocycles. The first-order valence-electron chi connectivity index (χ1n) is 7.07. The first-order chi connectivity index (χ1) is 10.8. The highest BCUT2D eigenvalue weighted by atomic mass is 32.2. The summed E-state index contributed by atoms with van der Waals surface area (Å²) in [7, 11) is -3.21. The molecule has 0 saturated heterocycles. The van der Waals surface area contributed by atoms with Crippen molar-refractivity contribution in [1.82, 2.24) is 5.32 Å². The predicted molar refractivity (Wildman–Crippen MR) is 93.7 cm³/mol. The molecule has 1 unspecified atom stereocenters. The van der Waals surface area contributed by atoms with Crippen LogP contribution >= 0.6 is 11.8 Å². The molecule has 2 aromatic rings. The first-order valence-corrected chi connectivity index (χ1v) is 10.2. The average molecular weight is 349 g/mol. The molecule has 6 heteroatoms. The highest BCUT2D eigenvalue weighted by Gasteiger charge is 2.15. The van der Waals surface area contributed by atoms with Crippen molar-refractivity contribution in [2.75, 3.05) is 12.5 Å². The number of carbonyl (C=O) groups excluding carboxylic acids is 1. The van der Waals surface area contributed by atoms with E-state index in [1.165, 1.54) is 18.0 Å². The summed E-state index contributed by atoms with van der Waals surface area (Å²) in [6.07, 6.45) is 3.10. The second-order valence-corrected chi connectivity index (χ2v) is 8.10. The number of hydrogen-bond donors (Lipinski definition) is 1. The molecule has 23 heavy (non-hydrogen) atoms. The Bertz CT molecular complexity index is 799. The molecular formula is C17H19NO3S2. The lowest BCUT2D eigenvalue weighted by Gasteiger charge is -2.16. The third-order valence-corrected chi connectivity index (χ3v) is 5.43. The molecule has 1 amide bonds. The normalized spacial score (nSPS) is 12.7. The second kappa shape index (κ2) is 7.19. The zero-order chi connectivity index (χ0) is 17.0. The SMILES string of the molecule is CSc1ccccc1C(=O)NC(C)c1ccc(S(C)(=O)=O)cc1.